The fraction of sp³-hybridized carbons (Fsp3) is 0.385. The Morgan fingerprint density at radius 3 is 2.66 bits per heavy atom. The number of carboxylic acid groups (broad SMARTS) is 1. The number of rotatable bonds is 9. The lowest BCUT2D eigenvalue weighted by atomic mass is 9.99. The smallest absolute Gasteiger partial charge is 0.309 e. The van der Waals surface area contributed by atoms with Gasteiger partial charge in [0.05, 0.1) is 25.2 Å². The quantitative estimate of drug-likeness (QED) is 0.405. The predicted octanol–water partition coefficient (Wildman–Crippen LogP) is 5.33. The summed E-state index contributed by atoms with van der Waals surface area (Å²) < 4.78 is 20.2. The topological polar surface area (TPSA) is 79.9 Å². The summed E-state index contributed by atoms with van der Waals surface area (Å²) in [6.07, 6.45) is 1.36. The number of hydrogen-bond donors (Lipinski definition) is 1. The van der Waals surface area contributed by atoms with E-state index in [1.165, 1.54) is 23.5 Å². The second kappa shape index (κ2) is 10.5. The van der Waals surface area contributed by atoms with Crippen LogP contribution in [0.4, 0.5) is 10.1 Å². The molecule has 1 N–H and O–H groups in total. The molecular weight excluding hydrogens is 467 g/mol. The van der Waals surface area contributed by atoms with E-state index in [-0.39, 0.29) is 5.92 Å². The average molecular weight is 495 g/mol. The highest BCUT2D eigenvalue weighted by Gasteiger charge is 2.32. The van der Waals surface area contributed by atoms with Crippen molar-refractivity contribution in [3.63, 3.8) is 0 Å². The summed E-state index contributed by atoms with van der Waals surface area (Å²) in [5, 5.41) is 18.8. The van der Waals surface area contributed by atoms with Crippen molar-refractivity contribution in [2.75, 3.05) is 26.7 Å². The Labute approximate surface area is 208 Å². The Bertz CT molecular complexity index is 1280. The largest absolute Gasteiger partial charge is 0.496 e. The first-order valence-electron chi connectivity index (χ1n) is 11.4. The van der Waals surface area contributed by atoms with Crippen LogP contribution in [0, 0.1) is 24.2 Å². The monoisotopic (exact) mass is 494 g/mol. The zero-order chi connectivity index (χ0) is 25.1. The summed E-state index contributed by atoms with van der Waals surface area (Å²) in [4.78, 5) is 16.7. The molecule has 2 aromatic carbocycles. The van der Waals surface area contributed by atoms with Crippen molar-refractivity contribution in [1.29, 1.82) is 0 Å². The zero-order valence-corrected chi connectivity index (χ0v) is 20.7. The Hall–Kier alpha value is -3.35. The van der Waals surface area contributed by atoms with Crippen molar-refractivity contribution in [3.8, 4) is 26.9 Å². The summed E-state index contributed by atoms with van der Waals surface area (Å²) in [6, 6.07) is 8.60. The van der Waals surface area contributed by atoms with Gasteiger partial charge in [-0.3, -0.25) is 4.79 Å². The van der Waals surface area contributed by atoms with Gasteiger partial charge in [-0.15, -0.1) is 10.2 Å². The Morgan fingerprint density at radius 2 is 2.00 bits per heavy atom. The highest BCUT2D eigenvalue weighted by molar-refractivity contribution is 7.18. The van der Waals surface area contributed by atoms with E-state index in [1.54, 1.807) is 7.11 Å². The third-order valence-corrected chi connectivity index (χ3v) is 7.08. The molecular formula is C26H27FN4O3S. The van der Waals surface area contributed by atoms with Crippen LogP contribution in [0.1, 0.15) is 25.0 Å². The Balaban J connectivity index is 1.58. The first-order valence-corrected chi connectivity index (χ1v) is 12.3. The second-order valence-electron chi connectivity index (χ2n) is 9.16. The highest BCUT2D eigenvalue weighted by atomic mass is 32.1. The fourth-order valence-electron chi connectivity index (χ4n) is 4.29. The molecule has 1 fully saturated rings. The lowest BCUT2D eigenvalue weighted by Gasteiger charge is -2.36. The number of benzene rings is 2. The maximum Gasteiger partial charge on any atom is 0.309 e. The van der Waals surface area contributed by atoms with Crippen molar-refractivity contribution in [2.24, 2.45) is 11.8 Å². The van der Waals surface area contributed by atoms with E-state index in [0.29, 0.717) is 64.6 Å². The van der Waals surface area contributed by atoms with Crippen molar-refractivity contribution in [3.05, 3.63) is 58.7 Å². The van der Waals surface area contributed by atoms with E-state index in [2.05, 4.69) is 28.9 Å². The minimum atomic E-state index is -0.781. The molecule has 0 amide bonds. The zero-order valence-electron chi connectivity index (χ0n) is 19.9. The normalized spacial score (nSPS) is 14.1. The molecule has 9 heteroatoms. The molecule has 0 saturated carbocycles. The van der Waals surface area contributed by atoms with E-state index < -0.39 is 11.8 Å². The molecule has 0 radical (unpaired) electrons. The van der Waals surface area contributed by atoms with Gasteiger partial charge in [0.1, 0.15) is 16.6 Å². The number of likely N-dealkylation sites (tertiary alicyclic amines) is 1. The SMILES string of the molecule is [C-]#[N+]c1cc(-c2nnc(-c3cc(F)cc(CCN4CC(C(=O)O)C4)c3OC)s2)ccc1CC(C)C. The van der Waals surface area contributed by atoms with Crippen LogP contribution in [0.3, 0.4) is 0 Å². The molecule has 0 atom stereocenters. The number of nitrogens with zero attached hydrogens (tertiary/aromatic N) is 4. The van der Waals surface area contributed by atoms with Crippen molar-refractivity contribution in [1.82, 2.24) is 15.1 Å². The minimum Gasteiger partial charge on any atom is -0.496 e. The maximum absolute atomic E-state index is 14.6. The minimum absolute atomic E-state index is 0.331. The van der Waals surface area contributed by atoms with E-state index in [0.717, 1.165) is 17.5 Å². The van der Waals surface area contributed by atoms with Crippen LogP contribution in [0.15, 0.2) is 30.3 Å². The third-order valence-electron chi connectivity index (χ3n) is 6.07. The molecule has 4 rings (SSSR count). The van der Waals surface area contributed by atoms with Crippen LogP contribution in [-0.4, -0.2) is 52.9 Å². The number of aromatic nitrogens is 2. The number of carbonyl (C=O) groups is 1. The van der Waals surface area contributed by atoms with Gasteiger partial charge in [-0.25, -0.2) is 9.24 Å². The van der Waals surface area contributed by atoms with Crippen molar-refractivity contribution in [2.45, 2.75) is 26.7 Å². The van der Waals surface area contributed by atoms with Gasteiger partial charge in [-0.1, -0.05) is 37.3 Å². The highest BCUT2D eigenvalue weighted by Crippen LogP contribution is 2.39. The molecule has 0 unspecified atom stereocenters. The molecule has 35 heavy (non-hydrogen) atoms. The fourth-order valence-corrected chi connectivity index (χ4v) is 5.14. The van der Waals surface area contributed by atoms with Gasteiger partial charge in [-0.05, 0) is 48.1 Å². The molecule has 0 aliphatic carbocycles. The Morgan fingerprint density at radius 1 is 1.26 bits per heavy atom. The maximum atomic E-state index is 14.6. The molecule has 3 aromatic rings. The Kier molecular flexibility index (Phi) is 7.43. The number of aliphatic carboxylic acids is 1. The summed E-state index contributed by atoms with van der Waals surface area (Å²) in [6.45, 7) is 13.4. The molecule has 1 aromatic heterocycles. The van der Waals surface area contributed by atoms with Gasteiger partial charge in [0.15, 0.2) is 10.7 Å². The van der Waals surface area contributed by atoms with E-state index in [1.807, 2.05) is 23.1 Å². The first-order chi connectivity index (χ1) is 16.8. The van der Waals surface area contributed by atoms with E-state index in [4.69, 9.17) is 16.4 Å². The molecule has 182 valence electrons. The standard InChI is InChI=1S/C26H27FN4O3S/c1-15(2)9-16-5-6-18(11-22(16)28-3)24-29-30-25(35-24)21-12-20(27)10-17(23(21)34-4)7-8-31-13-19(14-31)26(32)33/h5-6,10-12,15,19H,7-9,13-14H2,1-2,4H3,(H,32,33). The third kappa shape index (κ3) is 5.50. The molecule has 7 nitrogen and oxygen atoms in total. The van der Waals surface area contributed by atoms with Crippen LogP contribution >= 0.6 is 11.3 Å². The van der Waals surface area contributed by atoms with Gasteiger partial charge in [-0.2, -0.15) is 0 Å². The summed E-state index contributed by atoms with van der Waals surface area (Å²) in [7, 11) is 1.54. The summed E-state index contributed by atoms with van der Waals surface area (Å²) in [5.41, 5.74) is 3.64. The number of ether oxygens (including phenoxy) is 1. The average Bonchev–Trinajstić information content (AvgIpc) is 3.27. The van der Waals surface area contributed by atoms with Crippen LogP contribution in [0.2, 0.25) is 0 Å². The summed E-state index contributed by atoms with van der Waals surface area (Å²) >= 11 is 1.32. The van der Waals surface area contributed by atoms with Gasteiger partial charge < -0.3 is 14.7 Å². The lowest BCUT2D eigenvalue weighted by molar-refractivity contribution is -0.147. The van der Waals surface area contributed by atoms with Gasteiger partial charge in [0.2, 0.25) is 0 Å². The van der Waals surface area contributed by atoms with Crippen LogP contribution in [0.25, 0.3) is 26.0 Å². The molecule has 0 spiro atoms. The van der Waals surface area contributed by atoms with Gasteiger partial charge in [0.25, 0.3) is 0 Å². The number of hydrogen-bond acceptors (Lipinski definition) is 6. The molecule has 2 heterocycles. The molecule has 1 aliphatic rings. The van der Waals surface area contributed by atoms with Gasteiger partial charge >= 0.3 is 5.97 Å². The second-order valence-corrected chi connectivity index (χ2v) is 10.1. The van der Waals surface area contributed by atoms with Crippen molar-refractivity contribution < 1.29 is 19.0 Å². The molecule has 1 aliphatic heterocycles. The summed E-state index contributed by atoms with van der Waals surface area (Å²) in [5.74, 6) is -0.519. The first kappa shape index (κ1) is 24.8. The molecule has 0 bridgehead atoms. The van der Waals surface area contributed by atoms with E-state index in [9.17, 15) is 9.18 Å². The number of methoxy groups -OCH3 is 1. The van der Waals surface area contributed by atoms with Crippen LogP contribution < -0.4 is 4.74 Å². The predicted molar refractivity (Wildman–Crippen MR) is 133 cm³/mol. The van der Waals surface area contributed by atoms with E-state index >= 15 is 0 Å². The van der Waals surface area contributed by atoms with Crippen molar-refractivity contribution >= 4 is 23.0 Å². The molecule has 1 saturated heterocycles. The van der Waals surface area contributed by atoms with Gasteiger partial charge in [0, 0.05) is 25.2 Å². The lowest BCUT2D eigenvalue weighted by Crippen LogP contribution is -2.50. The van der Waals surface area contributed by atoms with Crippen LogP contribution in [-0.2, 0) is 17.6 Å². The number of carboxylic acids is 1. The number of halogens is 1. The van der Waals surface area contributed by atoms with Crippen LogP contribution in [0.5, 0.6) is 5.75 Å².